The summed E-state index contributed by atoms with van der Waals surface area (Å²) in [6, 6.07) is 1.48. The monoisotopic (exact) mass is 237 g/mol. The first kappa shape index (κ1) is 11.4. The van der Waals surface area contributed by atoms with Crippen molar-refractivity contribution >= 4 is 17.3 Å². The van der Waals surface area contributed by atoms with Crippen LogP contribution >= 0.6 is 11.3 Å². The number of fused-ring (bicyclic) bond motifs is 1. The van der Waals surface area contributed by atoms with Crippen molar-refractivity contribution in [1.29, 1.82) is 0 Å². The van der Waals surface area contributed by atoms with Gasteiger partial charge >= 0.3 is 5.97 Å². The van der Waals surface area contributed by atoms with Crippen LogP contribution in [0, 0.1) is 0 Å². The predicted molar refractivity (Wildman–Crippen MR) is 64.8 cm³/mol. The molecule has 0 saturated heterocycles. The van der Waals surface area contributed by atoms with Crippen molar-refractivity contribution < 1.29 is 9.90 Å². The Morgan fingerprint density at radius 2 is 2.56 bits per heavy atom. The average Bonchev–Trinajstić information content (AvgIpc) is 2.72. The Labute approximate surface area is 99.0 Å². The minimum absolute atomic E-state index is 0.466. The first-order valence-corrected chi connectivity index (χ1v) is 6.26. The molecule has 4 heteroatoms. The largest absolute Gasteiger partial charge is 0.480 e. The van der Waals surface area contributed by atoms with Gasteiger partial charge in [0.05, 0.1) is 0 Å². The molecule has 1 aliphatic rings. The highest BCUT2D eigenvalue weighted by Crippen LogP contribution is 2.33. The maximum absolute atomic E-state index is 11.3. The number of carboxylic acids is 1. The Morgan fingerprint density at radius 3 is 3.25 bits per heavy atom. The van der Waals surface area contributed by atoms with Gasteiger partial charge < -0.3 is 5.11 Å². The molecule has 86 valence electrons. The van der Waals surface area contributed by atoms with Gasteiger partial charge in [-0.1, -0.05) is 12.2 Å². The minimum Gasteiger partial charge on any atom is -0.480 e. The van der Waals surface area contributed by atoms with Crippen molar-refractivity contribution in [2.75, 3.05) is 13.1 Å². The lowest BCUT2D eigenvalue weighted by Crippen LogP contribution is -2.39. The van der Waals surface area contributed by atoms with E-state index in [1.807, 2.05) is 35.4 Å². The van der Waals surface area contributed by atoms with E-state index >= 15 is 0 Å². The summed E-state index contributed by atoms with van der Waals surface area (Å²) in [6.07, 6.45) is 4.93. The second kappa shape index (κ2) is 4.80. The zero-order valence-corrected chi connectivity index (χ0v) is 10.0. The highest BCUT2D eigenvalue weighted by atomic mass is 32.1. The fraction of sp³-hybridized carbons (Fsp3) is 0.417. The van der Waals surface area contributed by atoms with Crippen LogP contribution in [0.1, 0.15) is 23.4 Å². The SMILES string of the molecule is CC=CCN1CCc2sccc2C1C(=O)O. The van der Waals surface area contributed by atoms with Crippen LogP contribution in [0.4, 0.5) is 0 Å². The molecule has 0 aromatic carbocycles. The molecule has 3 nitrogen and oxygen atoms in total. The molecular formula is C12H15NO2S. The van der Waals surface area contributed by atoms with Crippen molar-refractivity contribution in [3.63, 3.8) is 0 Å². The Kier molecular flexibility index (Phi) is 3.41. The summed E-state index contributed by atoms with van der Waals surface area (Å²) in [7, 11) is 0. The zero-order chi connectivity index (χ0) is 11.5. The minimum atomic E-state index is -0.746. The van der Waals surface area contributed by atoms with Crippen molar-refractivity contribution in [2.45, 2.75) is 19.4 Å². The molecule has 1 unspecified atom stereocenters. The number of aliphatic carboxylic acids is 1. The molecule has 1 aromatic rings. The van der Waals surface area contributed by atoms with E-state index in [0.29, 0.717) is 6.54 Å². The van der Waals surface area contributed by atoms with E-state index in [1.54, 1.807) is 11.3 Å². The molecule has 1 atom stereocenters. The number of carboxylic acid groups (broad SMARTS) is 1. The molecule has 1 aromatic heterocycles. The second-order valence-electron chi connectivity index (χ2n) is 3.85. The first-order chi connectivity index (χ1) is 7.74. The van der Waals surface area contributed by atoms with Crippen molar-refractivity contribution in [1.82, 2.24) is 4.90 Å². The van der Waals surface area contributed by atoms with E-state index in [9.17, 15) is 9.90 Å². The quantitative estimate of drug-likeness (QED) is 0.820. The van der Waals surface area contributed by atoms with Gasteiger partial charge in [0, 0.05) is 18.0 Å². The molecule has 16 heavy (non-hydrogen) atoms. The number of thiophene rings is 1. The summed E-state index contributed by atoms with van der Waals surface area (Å²) in [5.41, 5.74) is 0.980. The molecule has 2 rings (SSSR count). The first-order valence-electron chi connectivity index (χ1n) is 5.38. The number of carbonyl (C=O) groups is 1. The third kappa shape index (κ3) is 2.03. The average molecular weight is 237 g/mol. The summed E-state index contributed by atoms with van der Waals surface area (Å²) in [5, 5.41) is 11.3. The second-order valence-corrected chi connectivity index (χ2v) is 4.85. The standard InChI is InChI=1S/C12H15NO2S/c1-2-3-6-13-7-4-10-9(5-8-16-10)11(13)12(14)15/h2-3,5,8,11H,4,6-7H2,1H3,(H,14,15). The van der Waals surface area contributed by atoms with Gasteiger partial charge in [0.15, 0.2) is 0 Å². The summed E-state index contributed by atoms with van der Waals surface area (Å²) >= 11 is 1.66. The van der Waals surface area contributed by atoms with Crippen molar-refractivity contribution in [3.8, 4) is 0 Å². The summed E-state index contributed by atoms with van der Waals surface area (Å²) in [4.78, 5) is 14.6. The van der Waals surface area contributed by atoms with Gasteiger partial charge in [-0.2, -0.15) is 0 Å². The van der Waals surface area contributed by atoms with E-state index in [2.05, 4.69) is 0 Å². The highest BCUT2D eigenvalue weighted by molar-refractivity contribution is 7.10. The van der Waals surface area contributed by atoms with Crippen LogP contribution in [-0.4, -0.2) is 29.1 Å². The van der Waals surface area contributed by atoms with E-state index < -0.39 is 12.0 Å². The summed E-state index contributed by atoms with van der Waals surface area (Å²) in [5.74, 6) is -0.746. The molecule has 0 saturated carbocycles. The number of hydrogen-bond acceptors (Lipinski definition) is 3. The Balaban J connectivity index is 2.27. The Morgan fingerprint density at radius 1 is 1.75 bits per heavy atom. The van der Waals surface area contributed by atoms with E-state index in [0.717, 1.165) is 18.5 Å². The van der Waals surface area contributed by atoms with Gasteiger partial charge in [-0.3, -0.25) is 9.69 Å². The molecule has 0 fully saturated rings. The van der Waals surface area contributed by atoms with Gasteiger partial charge in [0.1, 0.15) is 6.04 Å². The fourth-order valence-corrected chi connectivity index (χ4v) is 3.00. The number of hydrogen-bond donors (Lipinski definition) is 1. The van der Waals surface area contributed by atoms with Crippen LogP contribution in [0.2, 0.25) is 0 Å². The van der Waals surface area contributed by atoms with Gasteiger partial charge in [-0.15, -0.1) is 11.3 Å². The Hall–Kier alpha value is -1.13. The smallest absolute Gasteiger partial charge is 0.325 e. The maximum Gasteiger partial charge on any atom is 0.325 e. The lowest BCUT2D eigenvalue weighted by molar-refractivity contribution is -0.143. The van der Waals surface area contributed by atoms with Gasteiger partial charge in [-0.25, -0.2) is 0 Å². The summed E-state index contributed by atoms with van der Waals surface area (Å²) < 4.78 is 0. The van der Waals surface area contributed by atoms with Crippen LogP contribution in [0.25, 0.3) is 0 Å². The number of nitrogens with zero attached hydrogens (tertiary/aromatic N) is 1. The third-order valence-corrected chi connectivity index (χ3v) is 3.87. The van der Waals surface area contributed by atoms with Gasteiger partial charge in [0.2, 0.25) is 0 Å². The lowest BCUT2D eigenvalue weighted by atomic mass is 10.00. The molecule has 2 heterocycles. The third-order valence-electron chi connectivity index (χ3n) is 2.88. The molecule has 0 amide bonds. The fourth-order valence-electron chi connectivity index (χ4n) is 2.10. The number of rotatable bonds is 3. The molecule has 0 aliphatic carbocycles. The normalized spacial score (nSPS) is 21.2. The zero-order valence-electron chi connectivity index (χ0n) is 9.22. The summed E-state index contributed by atoms with van der Waals surface area (Å²) in [6.45, 7) is 3.49. The maximum atomic E-state index is 11.3. The van der Waals surface area contributed by atoms with E-state index in [4.69, 9.17) is 0 Å². The van der Waals surface area contributed by atoms with E-state index in [-0.39, 0.29) is 0 Å². The van der Waals surface area contributed by atoms with Crippen LogP contribution in [-0.2, 0) is 11.2 Å². The topological polar surface area (TPSA) is 40.5 Å². The van der Waals surface area contributed by atoms with Gasteiger partial charge in [0.25, 0.3) is 0 Å². The molecule has 0 spiro atoms. The highest BCUT2D eigenvalue weighted by Gasteiger charge is 2.32. The molecule has 0 radical (unpaired) electrons. The predicted octanol–water partition coefficient (Wildman–Crippen LogP) is 2.31. The van der Waals surface area contributed by atoms with Crippen LogP contribution < -0.4 is 0 Å². The van der Waals surface area contributed by atoms with E-state index in [1.165, 1.54) is 4.88 Å². The van der Waals surface area contributed by atoms with Crippen molar-refractivity contribution in [2.24, 2.45) is 0 Å². The van der Waals surface area contributed by atoms with Gasteiger partial charge in [-0.05, 0) is 30.4 Å². The van der Waals surface area contributed by atoms with Crippen LogP contribution in [0.5, 0.6) is 0 Å². The van der Waals surface area contributed by atoms with Crippen LogP contribution in [0.15, 0.2) is 23.6 Å². The molecule has 0 bridgehead atoms. The molecular weight excluding hydrogens is 222 g/mol. The molecule has 1 N–H and O–H groups in total. The van der Waals surface area contributed by atoms with Crippen LogP contribution in [0.3, 0.4) is 0 Å². The lowest BCUT2D eigenvalue weighted by Gasteiger charge is -2.32. The Bertz CT molecular complexity index is 411. The number of allylic oxidation sites excluding steroid dienone is 1. The molecule has 1 aliphatic heterocycles. The van der Waals surface area contributed by atoms with Crippen molar-refractivity contribution in [3.05, 3.63) is 34.0 Å².